The molecule has 0 aromatic rings. The Morgan fingerprint density at radius 3 is 3.13 bits per heavy atom. The van der Waals surface area contributed by atoms with Crippen LogP contribution < -0.4 is 0 Å². The van der Waals surface area contributed by atoms with Crippen LogP contribution in [0.25, 0.3) is 0 Å². The highest BCUT2D eigenvalue weighted by Crippen LogP contribution is 2.33. The van der Waals surface area contributed by atoms with E-state index >= 15 is 0 Å². The molecule has 0 radical (unpaired) electrons. The zero-order valence-corrected chi connectivity index (χ0v) is 8.47. The van der Waals surface area contributed by atoms with Gasteiger partial charge in [-0.25, -0.2) is 0 Å². The molecule has 2 nitrogen and oxygen atoms in total. The quantitative estimate of drug-likeness (QED) is 0.593. The Morgan fingerprint density at radius 1 is 1.27 bits per heavy atom. The van der Waals surface area contributed by atoms with Gasteiger partial charge in [-0.15, -0.1) is 0 Å². The standard InChI is InChI=1S/C13H13NO/c15-13-9-14-8-4-3-7-12(14)10-5-1-2-6-11(10)13/h1-4,6-8,10,12H,5,9H2. The van der Waals surface area contributed by atoms with Gasteiger partial charge in [0, 0.05) is 17.7 Å². The number of carbonyl (C=O) groups excluding carboxylic acids is 1. The fourth-order valence-electron chi connectivity index (χ4n) is 2.60. The average molecular weight is 199 g/mol. The fraction of sp³-hybridized carbons (Fsp3) is 0.308. The van der Waals surface area contributed by atoms with Crippen molar-refractivity contribution in [2.75, 3.05) is 6.54 Å². The van der Waals surface area contributed by atoms with Crippen molar-refractivity contribution in [1.29, 1.82) is 0 Å². The van der Waals surface area contributed by atoms with E-state index in [0.29, 0.717) is 18.5 Å². The lowest BCUT2D eigenvalue weighted by Crippen LogP contribution is -2.47. The molecule has 0 N–H and O–H groups in total. The molecule has 3 rings (SSSR count). The van der Waals surface area contributed by atoms with E-state index in [1.807, 2.05) is 24.4 Å². The molecule has 1 fully saturated rings. The molecule has 0 spiro atoms. The molecule has 3 aliphatic rings. The number of Topliss-reactive ketones (excluding diaryl/α,β-unsaturated/α-hetero) is 1. The zero-order chi connectivity index (χ0) is 10.3. The van der Waals surface area contributed by atoms with Crippen LogP contribution in [0.5, 0.6) is 0 Å². The van der Waals surface area contributed by atoms with Crippen molar-refractivity contribution >= 4 is 5.78 Å². The van der Waals surface area contributed by atoms with Crippen LogP contribution in [0.4, 0.5) is 0 Å². The number of piperidine rings is 1. The Bertz CT molecular complexity index is 414. The molecule has 15 heavy (non-hydrogen) atoms. The van der Waals surface area contributed by atoms with Gasteiger partial charge in [-0.2, -0.15) is 0 Å². The summed E-state index contributed by atoms with van der Waals surface area (Å²) in [5.41, 5.74) is 1.01. The molecule has 2 heterocycles. The number of hydrogen-bond donors (Lipinski definition) is 0. The van der Waals surface area contributed by atoms with Crippen molar-refractivity contribution in [2.45, 2.75) is 12.5 Å². The number of allylic oxidation sites excluding steroid dienone is 5. The first-order valence-electron chi connectivity index (χ1n) is 5.37. The summed E-state index contributed by atoms with van der Waals surface area (Å²) in [6.07, 6.45) is 15.4. The van der Waals surface area contributed by atoms with Crippen molar-refractivity contribution < 1.29 is 4.79 Å². The molecule has 0 saturated carbocycles. The van der Waals surface area contributed by atoms with E-state index in [-0.39, 0.29) is 5.78 Å². The van der Waals surface area contributed by atoms with Crippen LogP contribution in [0.3, 0.4) is 0 Å². The summed E-state index contributed by atoms with van der Waals surface area (Å²) >= 11 is 0. The molecule has 0 aromatic carbocycles. The van der Waals surface area contributed by atoms with Crippen molar-refractivity contribution in [3.63, 3.8) is 0 Å². The van der Waals surface area contributed by atoms with Crippen LogP contribution in [0.15, 0.2) is 48.2 Å². The lowest BCUT2D eigenvalue weighted by molar-refractivity contribution is -0.119. The maximum Gasteiger partial charge on any atom is 0.178 e. The molecule has 2 aliphatic heterocycles. The number of ketones is 1. The SMILES string of the molecule is O=C1CN2C=CC=CC2C2CC=CC=C12. The van der Waals surface area contributed by atoms with Crippen LogP contribution in [-0.2, 0) is 4.79 Å². The van der Waals surface area contributed by atoms with Gasteiger partial charge in [0.15, 0.2) is 5.78 Å². The van der Waals surface area contributed by atoms with Crippen molar-refractivity contribution in [1.82, 2.24) is 4.90 Å². The first-order chi connectivity index (χ1) is 7.36. The number of rotatable bonds is 0. The third-order valence-corrected chi connectivity index (χ3v) is 3.34. The summed E-state index contributed by atoms with van der Waals surface area (Å²) in [6.45, 7) is 0.529. The molecule has 2 unspecified atom stereocenters. The second-order valence-electron chi connectivity index (χ2n) is 4.20. The Morgan fingerprint density at radius 2 is 2.20 bits per heavy atom. The minimum absolute atomic E-state index is 0.278. The number of nitrogens with zero attached hydrogens (tertiary/aromatic N) is 1. The fourth-order valence-corrected chi connectivity index (χ4v) is 2.60. The molecule has 1 aliphatic carbocycles. The monoisotopic (exact) mass is 199 g/mol. The van der Waals surface area contributed by atoms with Crippen LogP contribution in [0, 0.1) is 5.92 Å². The molecule has 0 aromatic heterocycles. The molecule has 0 amide bonds. The maximum absolute atomic E-state index is 11.9. The molecule has 2 atom stereocenters. The molecule has 1 saturated heterocycles. The van der Waals surface area contributed by atoms with E-state index in [9.17, 15) is 4.79 Å². The highest BCUT2D eigenvalue weighted by Gasteiger charge is 2.36. The Labute approximate surface area is 89.3 Å². The lowest BCUT2D eigenvalue weighted by Gasteiger charge is -2.41. The minimum atomic E-state index is 0.278. The maximum atomic E-state index is 11.9. The second-order valence-corrected chi connectivity index (χ2v) is 4.20. The zero-order valence-electron chi connectivity index (χ0n) is 8.47. The van der Waals surface area contributed by atoms with E-state index in [1.54, 1.807) is 0 Å². The Balaban J connectivity index is 1.99. The van der Waals surface area contributed by atoms with Gasteiger partial charge < -0.3 is 4.90 Å². The van der Waals surface area contributed by atoms with E-state index in [4.69, 9.17) is 0 Å². The topological polar surface area (TPSA) is 20.3 Å². The Hall–Kier alpha value is -1.57. The Kier molecular flexibility index (Phi) is 1.88. The van der Waals surface area contributed by atoms with Gasteiger partial charge in [0.1, 0.15) is 0 Å². The van der Waals surface area contributed by atoms with E-state index in [1.165, 1.54) is 0 Å². The number of hydrogen-bond acceptors (Lipinski definition) is 2. The van der Waals surface area contributed by atoms with Gasteiger partial charge in [0.2, 0.25) is 0 Å². The van der Waals surface area contributed by atoms with Crippen LogP contribution in [-0.4, -0.2) is 23.3 Å². The van der Waals surface area contributed by atoms with Gasteiger partial charge in [-0.05, 0) is 12.5 Å². The van der Waals surface area contributed by atoms with Gasteiger partial charge in [-0.3, -0.25) is 4.79 Å². The van der Waals surface area contributed by atoms with Crippen LogP contribution >= 0.6 is 0 Å². The van der Waals surface area contributed by atoms with Gasteiger partial charge in [0.25, 0.3) is 0 Å². The third-order valence-electron chi connectivity index (χ3n) is 3.34. The first-order valence-corrected chi connectivity index (χ1v) is 5.37. The van der Waals surface area contributed by atoms with E-state index < -0.39 is 0 Å². The van der Waals surface area contributed by atoms with Gasteiger partial charge in [0.05, 0.1) is 12.6 Å². The van der Waals surface area contributed by atoms with E-state index in [0.717, 1.165) is 12.0 Å². The number of fused-ring (bicyclic) bond motifs is 3. The summed E-state index contributed by atoms with van der Waals surface area (Å²) in [7, 11) is 0. The molecule has 2 heteroatoms. The first kappa shape index (κ1) is 8.72. The predicted molar refractivity (Wildman–Crippen MR) is 59.1 cm³/mol. The third kappa shape index (κ3) is 1.29. The minimum Gasteiger partial charge on any atom is -0.363 e. The normalized spacial score (nSPS) is 32.4. The summed E-state index contributed by atoms with van der Waals surface area (Å²) in [6, 6.07) is 0.379. The van der Waals surface area contributed by atoms with Crippen molar-refractivity contribution in [3.8, 4) is 0 Å². The molecular formula is C13H13NO. The second kappa shape index (κ2) is 3.23. The molecule has 0 bridgehead atoms. The summed E-state index contributed by atoms with van der Waals surface area (Å²) < 4.78 is 0. The largest absolute Gasteiger partial charge is 0.363 e. The van der Waals surface area contributed by atoms with Crippen LogP contribution in [0.1, 0.15) is 6.42 Å². The summed E-state index contributed by atoms with van der Waals surface area (Å²) in [5, 5.41) is 0. The number of carbonyl (C=O) groups is 1. The highest BCUT2D eigenvalue weighted by atomic mass is 16.1. The summed E-state index contributed by atoms with van der Waals surface area (Å²) in [4.78, 5) is 14.0. The van der Waals surface area contributed by atoms with E-state index in [2.05, 4.69) is 23.1 Å². The van der Waals surface area contributed by atoms with Crippen molar-refractivity contribution in [2.24, 2.45) is 5.92 Å². The lowest BCUT2D eigenvalue weighted by atomic mass is 9.78. The van der Waals surface area contributed by atoms with Gasteiger partial charge >= 0.3 is 0 Å². The molecular weight excluding hydrogens is 186 g/mol. The van der Waals surface area contributed by atoms with Crippen molar-refractivity contribution in [3.05, 3.63) is 48.2 Å². The smallest absolute Gasteiger partial charge is 0.178 e. The highest BCUT2D eigenvalue weighted by molar-refractivity contribution is 5.99. The van der Waals surface area contributed by atoms with Crippen LogP contribution in [0.2, 0.25) is 0 Å². The van der Waals surface area contributed by atoms with Gasteiger partial charge in [-0.1, -0.05) is 30.4 Å². The molecule has 76 valence electrons. The average Bonchev–Trinajstić information content (AvgIpc) is 2.30. The summed E-state index contributed by atoms with van der Waals surface area (Å²) in [5.74, 6) is 0.637. The predicted octanol–water partition coefficient (Wildman–Crippen LogP) is 1.83.